The van der Waals surface area contributed by atoms with Gasteiger partial charge < -0.3 is 24.7 Å². The van der Waals surface area contributed by atoms with E-state index in [9.17, 15) is 9.59 Å². The predicted octanol–water partition coefficient (Wildman–Crippen LogP) is 4.21. The molecular weight excluding hydrogens is 490 g/mol. The third-order valence-corrected chi connectivity index (χ3v) is 7.56. The predicted molar refractivity (Wildman–Crippen MR) is 144 cm³/mol. The van der Waals surface area contributed by atoms with Crippen molar-refractivity contribution in [3.63, 3.8) is 0 Å². The number of hydrogen-bond acceptors (Lipinski definition) is 8. The topological polar surface area (TPSA) is 109 Å². The van der Waals surface area contributed by atoms with Crippen molar-refractivity contribution >= 4 is 23.6 Å². The summed E-state index contributed by atoms with van der Waals surface area (Å²) in [6.45, 7) is 7.51. The summed E-state index contributed by atoms with van der Waals surface area (Å²) in [7, 11) is 0. The van der Waals surface area contributed by atoms with Crippen molar-refractivity contribution in [1.82, 2.24) is 20.3 Å². The number of nitrogens with one attached hydrogen (secondary N) is 2. The minimum Gasteiger partial charge on any atom is -0.451 e. The Bertz CT molecular complexity index is 1380. The van der Waals surface area contributed by atoms with E-state index < -0.39 is 6.29 Å². The average molecular weight is 522 g/mol. The lowest BCUT2D eigenvalue weighted by molar-refractivity contribution is 0.0676. The fraction of sp³-hybridized carbons (Fsp3) is 0.407. The van der Waals surface area contributed by atoms with Gasteiger partial charge in [0.2, 0.25) is 12.2 Å². The van der Waals surface area contributed by atoms with E-state index in [1.54, 1.807) is 18.5 Å². The smallest absolute Gasteiger partial charge is 0.254 e. The van der Waals surface area contributed by atoms with Crippen molar-refractivity contribution in [1.29, 1.82) is 0 Å². The van der Waals surface area contributed by atoms with Crippen molar-refractivity contribution in [3.8, 4) is 22.6 Å². The molecule has 1 atom stereocenters. The number of nitrogens with zero attached hydrogens (tertiary/aromatic N) is 3. The van der Waals surface area contributed by atoms with Crippen LogP contribution in [-0.2, 0) is 6.54 Å². The third kappa shape index (κ3) is 5.02. The summed E-state index contributed by atoms with van der Waals surface area (Å²) in [5.74, 6) is 1.52. The molecule has 0 spiro atoms. The fourth-order valence-corrected chi connectivity index (χ4v) is 5.52. The van der Waals surface area contributed by atoms with Crippen LogP contribution in [0.2, 0.25) is 0 Å². The maximum atomic E-state index is 13.4. The zero-order valence-corrected chi connectivity index (χ0v) is 22.3. The number of aromatic amines is 1. The number of carbonyl (C=O) groups is 1. The molecule has 1 unspecified atom stereocenters. The van der Waals surface area contributed by atoms with Crippen LogP contribution in [0.25, 0.3) is 11.1 Å². The van der Waals surface area contributed by atoms with Crippen LogP contribution < -0.4 is 25.2 Å². The number of pyridine rings is 1. The Morgan fingerprint density at radius 2 is 1.84 bits per heavy atom. The molecule has 5 rings (SSSR count). The Kier molecular flexibility index (Phi) is 7.10. The first kappa shape index (κ1) is 25.1. The van der Waals surface area contributed by atoms with Crippen LogP contribution in [0.3, 0.4) is 0 Å². The Labute approximate surface area is 220 Å². The minimum atomic E-state index is -0.477. The minimum absolute atomic E-state index is 0.109. The number of thioether (sulfide) groups is 1. The van der Waals surface area contributed by atoms with Gasteiger partial charge >= 0.3 is 0 Å². The van der Waals surface area contributed by atoms with Crippen LogP contribution in [0.5, 0.6) is 11.5 Å². The molecule has 9 nitrogen and oxygen atoms in total. The Balaban J connectivity index is 1.46. The molecule has 0 aliphatic carbocycles. The Hall–Kier alpha value is -3.53. The maximum absolute atomic E-state index is 13.4. The van der Waals surface area contributed by atoms with Gasteiger partial charge in [-0.2, -0.15) is 0 Å². The van der Waals surface area contributed by atoms with E-state index >= 15 is 0 Å². The van der Waals surface area contributed by atoms with Gasteiger partial charge in [-0.25, -0.2) is 9.97 Å². The number of fused-ring (bicyclic) bond motifs is 1. The van der Waals surface area contributed by atoms with Crippen molar-refractivity contribution < 1.29 is 14.3 Å². The second-order valence-corrected chi connectivity index (χ2v) is 10.2. The van der Waals surface area contributed by atoms with Crippen LogP contribution in [0, 0.1) is 13.8 Å². The highest BCUT2D eigenvalue weighted by Gasteiger charge is 2.30. The van der Waals surface area contributed by atoms with Crippen molar-refractivity contribution in [2.45, 2.75) is 57.8 Å². The van der Waals surface area contributed by atoms with Gasteiger partial charge in [0.25, 0.3) is 11.5 Å². The molecule has 4 heterocycles. The van der Waals surface area contributed by atoms with Crippen LogP contribution in [-0.4, -0.2) is 46.5 Å². The standard InChI is InChI=1S/C27H31N5O4S/c1-15-10-22(37-4)21(26(34)31-15)14-28-25(33)19-11-20(24-23(16(19)2)35-17(3)36-24)18-12-29-27(30-13-18)32-8-6-5-7-9-32/h10-13,17H,5-9,14H2,1-4H3,(H,28,33)(H,31,34). The summed E-state index contributed by atoms with van der Waals surface area (Å²) in [6.07, 6.45) is 8.50. The molecule has 194 valence electrons. The van der Waals surface area contributed by atoms with Gasteiger partial charge in [-0.15, -0.1) is 11.8 Å². The number of carbonyl (C=O) groups excluding carboxylic acids is 1. The molecule has 2 N–H and O–H groups in total. The van der Waals surface area contributed by atoms with Crippen molar-refractivity contribution in [2.75, 3.05) is 24.2 Å². The first-order valence-corrected chi connectivity index (χ1v) is 13.7. The molecule has 2 aliphatic heterocycles. The number of benzene rings is 1. The highest BCUT2D eigenvalue weighted by Crippen LogP contribution is 2.46. The fourth-order valence-electron chi connectivity index (χ4n) is 4.82. The highest BCUT2D eigenvalue weighted by molar-refractivity contribution is 7.98. The molecular formula is C27H31N5O4S. The molecule has 1 saturated heterocycles. The molecule has 3 aromatic rings. The lowest BCUT2D eigenvalue weighted by Crippen LogP contribution is -2.30. The van der Waals surface area contributed by atoms with Gasteiger partial charge in [0.1, 0.15) is 0 Å². The maximum Gasteiger partial charge on any atom is 0.254 e. The van der Waals surface area contributed by atoms with Gasteiger partial charge in [-0.3, -0.25) is 9.59 Å². The summed E-state index contributed by atoms with van der Waals surface area (Å²) in [5, 5.41) is 2.92. The number of piperidine rings is 1. The molecule has 10 heteroatoms. The molecule has 0 bridgehead atoms. The van der Waals surface area contributed by atoms with E-state index in [2.05, 4.69) is 25.2 Å². The Morgan fingerprint density at radius 3 is 2.54 bits per heavy atom. The quantitative estimate of drug-likeness (QED) is 0.465. The van der Waals surface area contributed by atoms with Crippen LogP contribution >= 0.6 is 11.8 Å². The van der Waals surface area contributed by atoms with Gasteiger partial charge in [0, 0.05) is 77.4 Å². The first-order chi connectivity index (χ1) is 17.9. The largest absolute Gasteiger partial charge is 0.451 e. The van der Waals surface area contributed by atoms with Crippen LogP contribution in [0.4, 0.5) is 5.95 Å². The number of aromatic nitrogens is 3. The van der Waals surface area contributed by atoms with Gasteiger partial charge in [0.15, 0.2) is 11.5 Å². The van der Waals surface area contributed by atoms with Crippen molar-refractivity contribution in [3.05, 3.63) is 57.3 Å². The SMILES string of the molecule is CSc1cc(C)[nH]c(=O)c1CNC(=O)c1cc(-c2cnc(N3CCCCC3)nc2)c2c(c1C)OC(C)O2. The summed E-state index contributed by atoms with van der Waals surface area (Å²) in [6, 6.07) is 3.70. The molecule has 2 aliphatic rings. The Morgan fingerprint density at radius 1 is 1.14 bits per heavy atom. The van der Waals surface area contributed by atoms with Crippen LogP contribution in [0.1, 0.15) is 53.4 Å². The monoisotopic (exact) mass is 521 g/mol. The second-order valence-electron chi connectivity index (χ2n) is 9.39. The van der Waals surface area contributed by atoms with E-state index in [0.717, 1.165) is 42.1 Å². The number of ether oxygens (including phenoxy) is 2. The molecule has 37 heavy (non-hydrogen) atoms. The number of rotatable bonds is 6. The average Bonchev–Trinajstić information content (AvgIpc) is 3.30. The lowest BCUT2D eigenvalue weighted by atomic mass is 9.98. The van der Waals surface area contributed by atoms with Gasteiger partial charge in [-0.1, -0.05) is 0 Å². The van der Waals surface area contributed by atoms with Gasteiger partial charge in [-0.05, 0) is 51.5 Å². The van der Waals surface area contributed by atoms with E-state index in [-0.39, 0.29) is 18.0 Å². The normalized spacial score (nSPS) is 16.6. The van der Waals surface area contributed by atoms with Crippen molar-refractivity contribution in [2.24, 2.45) is 0 Å². The summed E-state index contributed by atoms with van der Waals surface area (Å²) >= 11 is 1.48. The van der Waals surface area contributed by atoms with E-state index in [1.807, 2.05) is 33.1 Å². The van der Waals surface area contributed by atoms with Gasteiger partial charge in [0.05, 0.1) is 0 Å². The zero-order chi connectivity index (χ0) is 26.1. The summed E-state index contributed by atoms with van der Waals surface area (Å²) in [4.78, 5) is 41.0. The number of H-pyrrole nitrogens is 1. The van der Waals surface area contributed by atoms with E-state index in [4.69, 9.17) is 9.47 Å². The second kappa shape index (κ2) is 10.5. The van der Waals surface area contributed by atoms with E-state index in [0.29, 0.717) is 39.7 Å². The summed E-state index contributed by atoms with van der Waals surface area (Å²) in [5.41, 5.74) is 3.66. The summed E-state index contributed by atoms with van der Waals surface area (Å²) < 4.78 is 11.9. The lowest BCUT2D eigenvalue weighted by Gasteiger charge is -2.26. The molecule has 1 amide bonds. The molecule has 1 aromatic carbocycles. The number of hydrogen-bond donors (Lipinski definition) is 2. The molecule has 0 radical (unpaired) electrons. The molecule has 2 aromatic heterocycles. The highest BCUT2D eigenvalue weighted by atomic mass is 32.2. The third-order valence-electron chi connectivity index (χ3n) is 6.76. The number of anilines is 1. The number of aryl methyl sites for hydroxylation is 1. The first-order valence-electron chi connectivity index (χ1n) is 12.5. The molecule has 0 saturated carbocycles. The molecule has 1 fully saturated rings. The van der Waals surface area contributed by atoms with E-state index in [1.165, 1.54) is 18.2 Å². The zero-order valence-electron chi connectivity index (χ0n) is 21.5. The van der Waals surface area contributed by atoms with Crippen LogP contribution in [0.15, 0.2) is 34.2 Å². The number of amides is 1.